The first-order valence-electron chi connectivity index (χ1n) is 7.51. The molecule has 0 aliphatic heterocycles. The summed E-state index contributed by atoms with van der Waals surface area (Å²) in [5, 5.41) is 6.74. The van der Waals surface area contributed by atoms with Crippen molar-refractivity contribution in [3.8, 4) is 0 Å². The number of nitrogens with one attached hydrogen (secondary N) is 1. The average Bonchev–Trinajstić information content (AvgIpc) is 2.88. The third-order valence-corrected chi connectivity index (χ3v) is 3.18. The van der Waals surface area contributed by atoms with Crippen LogP contribution in [0.1, 0.15) is 42.3 Å². The van der Waals surface area contributed by atoms with Gasteiger partial charge < -0.3 is 10.1 Å². The number of carbonyl (C=O) groups excluding carboxylic acids is 2. The van der Waals surface area contributed by atoms with Crippen molar-refractivity contribution >= 4 is 17.7 Å². The topological polar surface area (TPSA) is 98.5 Å². The zero-order valence-electron chi connectivity index (χ0n) is 13.8. The molecule has 0 saturated carbocycles. The van der Waals surface area contributed by atoms with Gasteiger partial charge in [0.25, 0.3) is 17.5 Å². The second kappa shape index (κ2) is 7.17. The maximum Gasteiger partial charge on any atom is 0.378 e. The first-order valence-corrected chi connectivity index (χ1v) is 7.51. The number of aryl methyl sites for hydroxylation is 2. The molecule has 0 aliphatic rings. The summed E-state index contributed by atoms with van der Waals surface area (Å²) < 4.78 is 6.39. The molecule has 8 nitrogen and oxygen atoms in total. The van der Waals surface area contributed by atoms with Gasteiger partial charge in [-0.05, 0) is 32.3 Å². The molecule has 2 aromatic rings. The minimum atomic E-state index is -0.744. The summed E-state index contributed by atoms with van der Waals surface area (Å²) in [6.07, 6.45) is 0.873. The van der Waals surface area contributed by atoms with Crippen LogP contribution in [-0.2, 0) is 9.53 Å². The van der Waals surface area contributed by atoms with Gasteiger partial charge >= 0.3 is 5.97 Å². The van der Waals surface area contributed by atoms with Crippen LogP contribution in [0.2, 0.25) is 0 Å². The largest absolute Gasteiger partial charge is 0.450 e. The van der Waals surface area contributed by atoms with E-state index < -0.39 is 5.97 Å². The lowest BCUT2D eigenvalue weighted by atomic mass is 10.1. The minimum absolute atomic E-state index is 0.110. The number of ether oxygens (including phenoxy) is 1. The fourth-order valence-electron chi connectivity index (χ4n) is 2.00. The number of rotatable bonds is 6. The van der Waals surface area contributed by atoms with Crippen molar-refractivity contribution < 1.29 is 14.3 Å². The van der Waals surface area contributed by atoms with Gasteiger partial charge in [0.15, 0.2) is 6.61 Å². The Morgan fingerprint density at radius 3 is 2.74 bits per heavy atom. The molecule has 1 amide bonds. The molecule has 0 fully saturated rings. The quantitative estimate of drug-likeness (QED) is 0.799. The maximum atomic E-state index is 11.9. The van der Waals surface area contributed by atoms with Crippen molar-refractivity contribution in [1.82, 2.24) is 24.9 Å². The van der Waals surface area contributed by atoms with Gasteiger partial charge in [-0.25, -0.2) is 14.3 Å². The molecule has 0 radical (unpaired) electrons. The first-order chi connectivity index (χ1) is 10.9. The van der Waals surface area contributed by atoms with Gasteiger partial charge in [-0.2, -0.15) is 4.98 Å². The standard InChI is InChI=1S/C15H21N5O3/c1-9(2)5-6-16-12(21)8-23-14(22)13-18-15-17-10(3)7-11(4)20(15)19-13/h7,9H,5-6,8H2,1-4H3,(H,16,21). The number of nitrogens with zero attached hydrogens (tertiary/aromatic N) is 4. The normalized spacial score (nSPS) is 11.0. The summed E-state index contributed by atoms with van der Waals surface area (Å²) in [5.74, 6) is -0.365. The monoisotopic (exact) mass is 319 g/mol. The van der Waals surface area contributed by atoms with E-state index in [4.69, 9.17) is 4.74 Å². The number of hydrogen-bond acceptors (Lipinski definition) is 6. The number of esters is 1. The lowest BCUT2D eigenvalue weighted by Crippen LogP contribution is -2.30. The van der Waals surface area contributed by atoms with Crippen LogP contribution in [0.4, 0.5) is 0 Å². The fourth-order valence-corrected chi connectivity index (χ4v) is 2.00. The molecular weight excluding hydrogens is 298 g/mol. The number of aromatic nitrogens is 4. The molecule has 2 aromatic heterocycles. The molecule has 1 N–H and O–H groups in total. The maximum absolute atomic E-state index is 11.9. The third-order valence-electron chi connectivity index (χ3n) is 3.18. The van der Waals surface area contributed by atoms with E-state index in [1.165, 1.54) is 4.52 Å². The zero-order chi connectivity index (χ0) is 17.0. The van der Waals surface area contributed by atoms with Gasteiger partial charge in [0.05, 0.1) is 0 Å². The Bertz CT molecular complexity index is 723. The van der Waals surface area contributed by atoms with E-state index in [0.717, 1.165) is 17.8 Å². The van der Waals surface area contributed by atoms with Gasteiger partial charge in [-0.1, -0.05) is 13.8 Å². The molecule has 23 heavy (non-hydrogen) atoms. The van der Waals surface area contributed by atoms with Crippen LogP contribution >= 0.6 is 0 Å². The smallest absolute Gasteiger partial charge is 0.378 e. The SMILES string of the molecule is Cc1cc(C)n2nc(C(=O)OCC(=O)NCCC(C)C)nc2n1. The van der Waals surface area contributed by atoms with Crippen molar-refractivity contribution in [2.45, 2.75) is 34.1 Å². The van der Waals surface area contributed by atoms with Crippen molar-refractivity contribution in [3.63, 3.8) is 0 Å². The van der Waals surface area contributed by atoms with Crippen molar-refractivity contribution in [2.24, 2.45) is 5.92 Å². The van der Waals surface area contributed by atoms with Crippen LogP contribution in [0.25, 0.3) is 5.78 Å². The first kappa shape index (κ1) is 16.9. The van der Waals surface area contributed by atoms with Crippen LogP contribution in [0.3, 0.4) is 0 Å². The van der Waals surface area contributed by atoms with Crippen molar-refractivity contribution in [1.29, 1.82) is 0 Å². The molecule has 124 valence electrons. The van der Waals surface area contributed by atoms with Gasteiger partial charge in [-0.3, -0.25) is 4.79 Å². The Morgan fingerprint density at radius 2 is 2.04 bits per heavy atom. The highest BCUT2D eigenvalue weighted by Gasteiger charge is 2.17. The Kier molecular flexibility index (Phi) is 5.25. The summed E-state index contributed by atoms with van der Waals surface area (Å²) in [6.45, 7) is 8.02. The van der Waals surface area contributed by atoms with Crippen LogP contribution in [0, 0.1) is 19.8 Å². The third kappa shape index (κ3) is 4.48. The molecule has 0 aromatic carbocycles. The molecule has 0 atom stereocenters. The lowest BCUT2D eigenvalue weighted by Gasteiger charge is -2.06. The molecule has 0 spiro atoms. The highest BCUT2D eigenvalue weighted by atomic mass is 16.5. The fraction of sp³-hybridized carbons (Fsp3) is 0.533. The van der Waals surface area contributed by atoms with Crippen molar-refractivity contribution in [2.75, 3.05) is 13.2 Å². The summed E-state index contributed by atoms with van der Waals surface area (Å²) in [4.78, 5) is 31.7. The molecule has 0 aliphatic carbocycles. The Hall–Kier alpha value is -2.51. The second-order valence-corrected chi connectivity index (χ2v) is 5.79. The molecule has 0 unspecified atom stereocenters. The van der Waals surface area contributed by atoms with Crippen molar-refractivity contribution in [3.05, 3.63) is 23.3 Å². The minimum Gasteiger partial charge on any atom is -0.450 e. The van der Waals surface area contributed by atoms with E-state index in [0.29, 0.717) is 18.2 Å². The van der Waals surface area contributed by atoms with E-state index in [2.05, 4.69) is 34.2 Å². The Balaban J connectivity index is 1.93. The highest BCUT2D eigenvalue weighted by Crippen LogP contribution is 2.06. The van der Waals surface area contributed by atoms with Crippen LogP contribution < -0.4 is 5.32 Å². The lowest BCUT2D eigenvalue weighted by molar-refractivity contribution is -0.124. The molecule has 0 bridgehead atoms. The van der Waals surface area contributed by atoms with Gasteiger partial charge in [0.2, 0.25) is 0 Å². The predicted octanol–water partition coefficient (Wildman–Crippen LogP) is 1.06. The average molecular weight is 319 g/mol. The molecular formula is C15H21N5O3. The highest BCUT2D eigenvalue weighted by molar-refractivity contribution is 5.88. The molecule has 8 heteroatoms. The summed E-state index contributed by atoms with van der Waals surface area (Å²) in [5.41, 5.74) is 1.59. The molecule has 2 heterocycles. The van der Waals surface area contributed by atoms with Crippen LogP contribution in [0.5, 0.6) is 0 Å². The zero-order valence-corrected chi connectivity index (χ0v) is 13.8. The van der Waals surface area contributed by atoms with E-state index in [1.807, 2.05) is 19.9 Å². The molecule has 2 rings (SSSR count). The summed E-state index contributed by atoms with van der Waals surface area (Å²) in [6, 6.07) is 1.83. The van der Waals surface area contributed by atoms with E-state index in [1.54, 1.807) is 0 Å². The predicted molar refractivity (Wildman–Crippen MR) is 83.0 cm³/mol. The summed E-state index contributed by atoms with van der Waals surface area (Å²) in [7, 11) is 0. The number of fused-ring (bicyclic) bond motifs is 1. The summed E-state index contributed by atoms with van der Waals surface area (Å²) >= 11 is 0. The van der Waals surface area contributed by atoms with Gasteiger partial charge in [0, 0.05) is 17.9 Å². The van der Waals surface area contributed by atoms with Crippen LogP contribution in [0.15, 0.2) is 6.07 Å². The Morgan fingerprint density at radius 1 is 1.30 bits per heavy atom. The number of hydrogen-bond donors (Lipinski definition) is 1. The van der Waals surface area contributed by atoms with E-state index in [9.17, 15) is 9.59 Å². The molecule has 0 saturated heterocycles. The number of carbonyl (C=O) groups is 2. The van der Waals surface area contributed by atoms with E-state index in [-0.39, 0.29) is 18.3 Å². The number of amides is 1. The Labute approximate surface area is 134 Å². The van der Waals surface area contributed by atoms with Crippen LogP contribution in [-0.4, -0.2) is 44.6 Å². The van der Waals surface area contributed by atoms with E-state index >= 15 is 0 Å². The van der Waals surface area contributed by atoms with Gasteiger partial charge in [-0.15, -0.1) is 5.10 Å². The van der Waals surface area contributed by atoms with Gasteiger partial charge in [0.1, 0.15) is 0 Å². The second-order valence-electron chi connectivity index (χ2n) is 5.79.